The zero-order chi connectivity index (χ0) is 36.4. The molecule has 16 heteroatoms. The summed E-state index contributed by atoms with van der Waals surface area (Å²) in [5.74, 6) is 5.17. The average molecular weight is 721 g/mol. The van der Waals surface area contributed by atoms with Gasteiger partial charge in [-0.3, -0.25) is 10.2 Å². The zero-order valence-electron chi connectivity index (χ0n) is 29.2. The van der Waals surface area contributed by atoms with Gasteiger partial charge in [-0.2, -0.15) is 10.2 Å². The third-order valence-corrected chi connectivity index (χ3v) is 8.60. The Morgan fingerprint density at radius 2 is 0.907 bits per heavy atom. The molecule has 0 spiro atoms. The fourth-order valence-electron chi connectivity index (χ4n) is 5.94. The second kappa shape index (κ2) is 16.5. The fourth-order valence-corrected chi connectivity index (χ4v) is 5.94. The molecule has 4 aromatic carbocycles. The smallest absolute Gasteiger partial charge is 0.184 e. The monoisotopic (exact) mass is 720 g/mol. The molecule has 0 saturated carbocycles. The van der Waals surface area contributed by atoms with E-state index in [4.69, 9.17) is 19.4 Å². The maximum absolute atomic E-state index is 6.20. The first-order valence-corrected chi connectivity index (χ1v) is 17.7. The Labute approximate surface area is 309 Å². The van der Waals surface area contributed by atoms with Gasteiger partial charge in [-0.05, 0) is 70.8 Å². The molecule has 2 N–H and O–H groups in total. The van der Waals surface area contributed by atoms with Crippen LogP contribution in [-0.4, -0.2) is 84.0 Å². The number of ether oxygens (including phenoxy) is 2. The minimum Gasteiger partial charge on any atom is -0.493 e. The van der Waals surface area contributed by atoms with Crippen molar-refractivity contribution in [2.45, 2.75) is 38.8 Å². The third kappa shape index (κ3) is 8.02. The predicted octanol–water partition coefficient (Wildman–Crippen LogP) is 5.68. The molecule has 54 heavy (non-hydrogen) atoms. The maximum atomic E-state index is 6.20. The summed E-state index contributed by atoms with van der Waals surface area (Å²) in [6.07, 6.45) is 3.80. The molecule has 270 valence electrons. The molecule has 0 radical (unpaired) electrons. The summed E-state index contributed by atoms with van der Waals surface area (Å²) in [6, 6.07) is 35.2. The molecular weight excluding hydrogens is 685 g/mol. The Bertz CT molecular complexity index is 2220. The molecule has 0 aliphatic carbocycles. The van der Waals surface area contributed by atoms with Gasteiger partial charge in [0, 0.05) is 11.1 Å². The number of tetrazole rings is 2. The maximum Gasteiger partial charge on any atom is 0.184 e. The second-order valence-electron chi connectivity index (χ2n) is 12.4. The number of hydrogen-bond donors (Lipinski definition) is 2. The number of aromatic nitrogens is 14. The summed E-state index contributed by atoms with van der Waals surface area (Å²) >= 11 is 0. The molecule has 0 bridgehead atoms. The van der Waals surface area contributed by atoms with E-state index in [0.29, 0.717) is 61.2 Å². The van der Waals surface area contributed by atoms with E-state index in [9.17, 15) is 0 Å². The van der Waals surface area contributed by atoms with Crippen LogP contribution in [0, 0.1) is 0 Å². The van der Waals surface area contributed by atoms with E-state index in [2.05, 4.69) is 51.4 Å². The molecule has 0 aliphatic rings. The number of para-hydroxylation sites is 2. The zero-order valence-corrected chi connectivity index (χ0v) is 29.2. The van der Waals surface area contributed by atoms with E-state index in [0.717, 1.165) is 59.4 Å². The molecule has 4 heterocycles. The Hall–Kier alpha value is -7.10. The van der Waals surface area contributed by atoms with E-state index < -0.39 is 0 Å². The standard InChI is InChI=1S/C38H36N14O2/c1(13-23-53-31-21-11-9-19-29(31)35-39-33(41-43-35)25-51-37(45-47-49-51)27-15-5-3-6-16-27)2-14-24-54-32-22-12-10-20-30(32)36-40-34(42-44-36)26-52-38(46-48-50-52)28-17-7-4-8-18-28/h3-12,15-22H,1-2,13-14,23-26H2,(H,39,41,43)(H,40,42,44). The van der Waals surface area contributed by atoms with Crippen molar-refractivity contribution in [3.05, 3.63) is 121 Å². The molecule has 0 unspecified atom stereocenters. The van der Waals surface area contributed by atoms with Gasteiger partial charge in [0.1, 0.15) is 36.2 Å². The number of aromatic amines is 2. The largest absolute Gasteiger partial charge is 0.493 e. The van der Waals surface area contributed by atoms with Crippen LogP contribution in [-0.2, 0) is 13.1 Å². The van der Waals surface area contributed by atoms with Crippen LogP contribution in [0.4, 0.5) is 0 Å². The summed E-state index contributed by atoms with van der Waals surface area (Å²) in [5, 5.41) is 39.3. The molecule has 0 saturated heterocycles. The Balaban J connectivity index is 0.791. The number of nitrogens with one attached hydrogen (secondary N) is 2. The van der Waals surface area contributed by atoms with Crippen molar-refractivity contribution in [1.29, 1.82) is 0 Å². The van der Waals surface area contributed by atoms with Crippen molar-refractivity contribution in [1.82, 2.24) is 70.8 Å². The molecule has 0 atom stereocenters. The fraction of sp³-hybridized carbons (Fsp3) is 0.211. The third-order valence-electron chi connectivity index (χ3n) is 8.60. The van der Waals surface area contributed by atoms with E-state index >= 15 is 0 Å². The van der Waals surface area contributed by atoms with Crippen molar-refractivity contribution in [2.24, 2.45) is 0 Å². The van der Waals surface area contributed by atoms with Crippen LogP contribution in [0.3, 0.4) is 0 Å². The number of unbranched alkanes of at least 4 members (excludes halogenated alkanes) is 3. The summed E-state index contributed by atoms with van der Waals surface area (Å²) < 4.78 is 15.8. The van der Waals surface area contributed by atoms with Gasteiger partial charge in [0.15, 0.2) is 23.3 Å². The number of hydrogen-bond acceptors (Lipinski definition) is 12. The van der Waals surface area contributed by atoms with Crippen molar-refractivity contribution in [3.63, 3.8) is 0 Å². The molecule has 4 aromatic heterocycles. The normalized spacial score (nSPS) is 11.2. The van der Waals surface area contributed by atoms with Crippen molar-refractivity contribution >= 4 is 0 Å². The van der Waals surface area contributed by atoms with Gasteiger partial charge < -0.3 is 9.47 Å². The SMILES string of the molecule is c1ccc(-c2nnnn2Cc2nc(-c3ccccc3OCCCCCCOc3ccccc3-c3n[nH]c(Cn4nnnc4-c4ccccc4)n3)n[nH]2)cc1. The van der Waals surface area contributed by atoms with Crippen molar-refractivity contribution < 1.29 is 9.47 Å². The highest BCUT2D eigenvalue weighted by atomic mass is 16.5. The number of H-pyrrole nitrogens is 2. The molecule has 16 nitrogen and oxygen atoms in total. The highest BCUT2D eigenvalue weighted by Gasteiger charge is 2.16. The van der Waals surface area contributed by atoms with Crippen LogP contribution in [0.5, 0.6) is 11.5 Å². The lowest BCUT2D eigenvalue weighted by Crippen LogP contribution is -2.06. The van der Waals surface area contributed by atoms with Gasteiger partial charge in [0.2, 0.25) is 0 Å². The van der Waals surface area contributed by atoms with Crippen molar-refractivity contribution in [2.75, 3.05) is 13.2 Å². The van der Waals surface area contributed by atoms with E-state index in [1.54, 1.807) is 9.36 Å². The van der Waals surface area contributed by atoms with E-state index in [1.165, 1.54) is 0 Å². The Morgan fingerprint density at radius 1 is 0.481 bits per heavy atom. The highest BCUT2D eigenvalue weighted by molar-refractivity contribution is 5.64. The van der Waals surface area contributed by atoms with E-state index in [1.807, 2.05) is 109 Å². The first-order chi connectivity index (χ1) is 26.8. The minimum absolute atomic E-state index is 0.350. The Morgan fingerprint density at radius 3 is 1.37 bits per heavy atom. The predicted molar refractivity (Wildman–Crippen MR) is 198 cm³/mol. The summed E-state index contributed by atoms with van der Waals surface area (Å²) in [4.78, 5) is 9.43. The lowest BCUT2D eigenvalue weighted by atomic mass is 10.2. The lowest BCUT2D eigenvalue weighted by Gasteiger charge is -2.10. The van der Waals surface area contributed by atoms with Crippen LogP contribution >= 0.6 is 0 Å². The summed E-state index contributed by atoms with van der Waals surface area (Å²) in [7, 11) is 0. The van der Waals surface area contributed by atoms with Crippen LogP contribution in [0.25, 0.3) is 45.6 Å². The van der Waals surface area contributed by atoms with Crippen LogP contribution in [0.1, 0.15) is 37.3 Å². The van der Waals surface area contributed by atoms with E-state index in [-0.39, 0.29) is 0 Å². The number of rotatable bonds is 17. The summed E-state index contributed by atoms with van der Waals surface area (Å²) in [5.41, 5.74) is 3.48. The van der Waals surface area contributed by atoms with Gasteiger partial charge in [-0.15, -0.1) is 10.2 Å². The van der Waals surface area contributed by atoms with Gasteiger partial charge >= 0.3 is 0 Å². The van der Waals surface area contributed by atoms with Gasteiger partial charge in [0.25, 0.3) is 0 Å². The second-order valence-corrected chi connectivity index (χ2v) is 12.4. The van der Waals surface area contributed by atoms with Gasteiger partial charge in [-0.1, -0.05) is 84.9 Å². The molecule has 0 aliphatic heterocycles. The van der Waals surface area contributed by atoms with Gasteiger partial charge in [-0.25, -0.2) is 19.3 Å². The molecule has 8 aromatic rings. The van der Waals surface area contributed by atoms with Gasteiger partial charge in [0.05, 0.1) is 24.3 Å². The topological polar surface area (TPSA) is 189 Å². The number of nitrogens with zero attached hydrogens (tertiary/aromatic N) is 12. The first kappa shape index (κ1) is 34.0. The Kier molecular flexibility index (Phi) is 10.4. The lowest BCUT2D eigenvalue weighted by molar-refractivity contribution is 0.288. The molecule has 0 fully saturated rings. The average Bonchev–Trinajstić information content (AvgIpc) is 4.06. The van der Waals surface area contributed by atoms with Crippen molar-refractivity contribution in [3.8, 4) is 57.1 Å². The van der Waals surface area contributed by atoms with Crippen LogP contribution < -0.4 is 9.47 Å². The number of benzene rings is 4. The minimum atomic E-state index is 0.350. The van der Waals surface area contributed by atoms with Crippen LogP contribution in [0.15, 0.2) is 109 Å². The first-order valence-electron chi connectivity index (χ1n) is 17.7. The quantitative estimate of drug-likeness (QED) is 0.110. The molecule has 0 amide bonds. The highest BCUT2D eigenvalue weighted by Crippen LogP contribution is 2.29. The molecular formula is C38H36N14O2. The molecule has 8 rings (SSSR count). The van der Waals surface area contributed by atoms with Crippen LogP contribution in [0.2, 0.25) is 0 Å². The summed E-state index contributed by atoms with van der Waals surface area (Å²) in [6.45, 7) is 1.85.